The fraction of sp³-hybridized carbons (Fsp3) is 0.611. The third-order valence-corrected chi connectivity index (χ3v) is 6.50. The molecular weight excluding hydrogens is 370 g/mol. The summed E-state index contributed by atoms with van der Waals surface area (Å²) in [5.41, 5.74) is 0.489. The smallest absolute Gasteiger partial charge is 0.254 e. The molecule has 2 rings (SSSR count). The molecule has 1 saturated heterocycles. The number of nitrogens with one attached hydrogen (secondary N) is 1. The van der Waals surface area contributed by atoms with Crippen LogP contribution >= 0.6 is 0 Å². The zero-order valence-electron chi connectivity index (χ0n) is 16.2. The molecule has 0 saturated carbocycles. The van der Waals surface area contributed by atoms with Gasteiger partial charge in [0.15, 0.2) is 0 Å². The van der Waals surface area contributed by atoms with E-state index < -0.39 is 10.0 Å². The highest BCUT2D eigenvalue weighted by molar-refractivity contribution is 7.89. The molecule has 1 amide bonds. The van der Waals surface area contributed by atoms with E-state index in [1.54, 1.807) is 12.1 Å². The molecule has 1 aromatic rings. The molecule has 1 fully saturated rings. The van der Waals surface area contributed by atoms with Gasteiger partial charge in [0.1, 0.15) is 0 Å². The van der Waals surface area contributed by atoms with Gasteiger partial charge in [-0.15, -0.1) is 0 Å². The molecule has 9 heteroatoms. The van der Waals surface area contributed by atoms with Crippen molar-refractivity contribution in [3.8, 4) is 0 Å². The first-order valence-corrected chi connectivity index (χ1v) is 10.5. The van der Waals surface area contributed by atoms with Crippen LogP contribution in [0.25, 0.3) is 0 Å². The van der Waals surface area contributed by atoms with Gasteiger partial charge in [-0.3, -0.25) is 4.79 Å². The standard InChI is InChI=1S/C18H29N3O5S/c1-15-14-19-8-9-21(15)18(22)16-4-6-17(7-5-16)27(23,24)20(10-12-25-2)11-13-26-3/h4-7,15,19H,8-14H2,1-3H3. The maximum atomic E-state index is 12.9. The maximum absolute atomic E-state index is 12.9. The average Bonchev–Trinajstić information content (AvgIpc) is 2.68. The Morgan fingerprint density at radius 3 is 2.30 bits per heavy atom. The van der Waals surface area contributed by atoms with E-state index >= 15 is 0 Å². The predicted octanol–water partition coefficient (Wildman–Crippen LogP) is 0.404. The average molecular weight is 400 g/mol. The maximum Gasteiger partial charge on any atom is 0.254 e. The summed E-state index contributed by atoms with van der Waals surface area (Å²) in [4.78, 5) is 14.7. The molecule has 1 N–H and O–H groups in total. The van der Waals surface area contributed by atoms with E-state index in [-0.39, 0.29) is 29.9 Å². The van der Waals surface area contributed by atoms with Gasteiger partial charge in [-0.05, 0) is 31.2 Å². The van der Waals surface area contributed by atoms with Crippen LogP contribution in [0, 0.1) is 0 Å². The molecule has 152 valence electrons. The van der Waals surface area contributed by atoms with E-state index in [9.17, 15) is 13.2 Å². The molecule has 1 aliphatic heterocycles. The summed E-state index contributed by atoms with van der Waals surface area (Å²) in [5, 5.41) is 3.25. The number of hydrogen-bond donors (Lipinski definition) is 1. The molecule has 0 aliphatic carbocycles. The number of amides is 1. The van der Waals surface area contributed by atoms with Crippen LogP contribution in [0.4, 0.5) is 0 Å². The van der Waals surface area contributed by atoms with Gasteiger partial charge in [0, 0.05) is 58.5 Å². The van der Waals surface area contributed by atoms with E-state index in [4.69, 9.17) is 9.47 Å². The van der Waals surface area contributed by atoms with Gasteiger partial charge in [-0.1, -0.05) is 0 Å². The number of rotatable bonds is 9. The van der Waals surface area contributed by atoms with Gasteiger partial charge in [-0.25, -0.2) is 8.42 Å². The number of sulfonamides is 1. The SMILES string of the molecule is COCCN(CCOC)S(=O)(=O)c1ccc(C(=O)N2CCNCC2C)cc1. The monoisotopic (exact) mass is 399 g/mol. The Labute approximate surface area is 161 Å². The van der Waals surface area contributed by atoms with Crippen molar-refractivity contribution in [3.05, 3.63) is 29.8 Å². The summed E-state index contributed by atoms with van der Waals surface area (Å²) in [6.45, 7) is 5.21. The van der Waals surface area contributed by atoms with Crippen LogP contribution in [-0.2, 0) is 19.5 Å². The largest absolute Gasteiger partial charge is 0.383 e. The molecule has 27 heavy (non-hydrogen) atoms. The third-order valence-electron chi connectivity index (χ3n) is 4.59. The molecule has 0 aromatic heterocycles. The Kier molecular flexibility index (Phi) is 8.18. The van der Waals surface area contributed by atoms with Crippen LogP contribution in [0.15, 0.2) is 29.2 Å². The summed E-state index contributed by atoms with van der Waals surface area (Å²) in [6.07, 6.45) is 0. The van der Waals surface area contributed by atoms with E-state index in [2.05, 4.69) is 5.32 Å². The summed E-state index contributed by atoms with van der Waals surface area (Å²) >= 11 is 0. The number of piperazine rings is 1. The molecule has 8 nitrogen and oxygen atoms in total. The van der Waals surface area contributed by atoms with E-state index in [0.29, 0.717) is 25.3 Å². The highest BCUT2D eigenvalue weighted by Gasteiger charge is 2.26. The first-order valence-electron chi connectivity index (χ1n) is 9.01. The van der Waals surface area contributed by atoms with Crippen molar-refractivity contribution in [2.75, 3.05) is 60.2 Å². The molecule has 1 heterocycles. The summed E-state index contributed by atoms with van der Waals surface area (Å²) in [6, 6.07) is 6.24. The highest BCUT2D eigenvalue weighted by atomic mass is 32.2. The number of hydrogen-bond acceptors (Lipinski definition) is 6. The van der Waals surface area contributed by atoms with Gasteiger partial charge < -0.3 is 19.7 Å². The lowest BCUT2D eigenvalue weighted by Crippen LogP contribution is -2.52. The van der Waals surface area contributed by atoms with Crippen molar-refractivity contribution in [1.82, 2.24) is 14.5 Å². The van der Waals surface area contributed by atoms with E-state index in [1.165, 1.54) is 30.7 Å². The van der Waals surface area contributed by atoms with Gasteiger partial charge in [-0.2, -0.15) is 4.31 Å². The molecule has 1 atom stereocenters. The van der Waals surface area contributed by atoms with E-state index in [0.717, 1.165) is 13.1 Å². The van der Waals surface area contributed by atoms with Crippen molar-refractivity contribution in [2.45, 2.75) is 17.9 Å². The molecule has 1 unspecified atom stereocenters. The second kappa shape index (κ2) is 10.1. The number of carbonyl (C=O) groups excluding carboxylic acids is 1. The number of benzene rings is 1. The molecule has 1 aliphatic rings. The number of ether oxygens (including phenoxy) is 2. The predicted molar refractivity (Wildman–Crippen MR) is 102 cm³/mol. The minimum atomic E-state index is -3.69. The van der Waals surface area contributed by atoms with Crippen molar-refractivity contribution in [2.24, 2.45) is 0 Å². The third kappa shape index (κ3) is 5.49. The van der Waals surface area contributed by atoms with Crippen molar-refractivity contribution < 1.29 is 22.7 Å². The fourth-order valence-corrected chi connectivity index (χ4v) is 4.37. The zero-order chi connectivity index (χ0) is 19.9. The summed E-state index contributed by atoms with van der Waals surface area (Å²) < 4.78 is 37.1. The molecule has 1 aromatic carbocycles. The molecule has 0 spiro atoms. The minimum absolute atomic E-state index is 0.0800. The van der Waals surface area contributed by atoms with Crippen LogP contribution in [0.5, 0.6) is 0 Å². The van der Waals surface area contributed by atoms with Crippen molar-refractivity contribution >= 4 is 15.9 Å². The fourth-order valence-electron chi connectivity index (χ4n) is 2.97. The van der Waals surface area contributed by atoms with Crippen LogP contribution in [0.3, 0.4) is 0 Å². The van der Waals surface area contributed by atoms with Gasteiger partial charge in [0.05, 0.1) is 18.1 Å². The topological polar surface area (TPSA) is 88.2 Å². The van der Waals surface area contributed by atoms with Crippen LogP contribution in [0.1, 0.15) is 17.3 Å². The lowest BCUT2D eigenvalue weighted by atomic mass is 10.1. The van der Waals surface area contributed by atoms with E-state index in [1.807, 2.05) is 11.8 Å². The number of nitrogens with zero attached hydrogens (tertiary/aromatic N) is 2. The second-order valence-electron chi connectivity index (χ2n) is 6.47. The lowest BCUT2D eigenvalue weighted by Gasteiger charge is -2.34. The van der Waals surface area contributed by atoms with Crippen LogP contribution < -0.4 is 5.32 Å². The highest BCUT2D eigenvalue weighted by Crippen LogP contribution is 2.18. The molecule has 0 radical (unpaired) electrons. The second-order valence-corrected chi connectivity index (χ2v) is 8.40. The Hall–Kier alpha value is -1.52. The quantitative estimate of drug-likeness (QED) is 0.647. The lowest BCUT2D eigenvalue weighted by molar-refractivity contribution is 0.0655. The Balaban J connectivity index is 2.17. The normalized spacial score (nSPS) is 18.1. The number of methoxy groups -OCH3 is 2. The van der Waals surface area contributed by atoms with Crippen LogP contribution in [0.2, 0.25) is 0 Å². The van der Waals surface area contributed by atoms with Crippen LogP contribution in [-0.4, -0.2) is 89.7 Å². The van der Waals surface area contributed by atoms with Crippen molar-refractivity contribution in [1.29, 1.82) is 0 Å². The van der Waals surface area contributed by atoms with Crippen molar-refractivity contribution in [3.63, 3.8) is 0 Å². The first kappa shape index (κ1) is 21.8. The van der Waals surface area contributed by atoms with Gasteiger partial charge in [0.25, 0.3) is 5.91 Å². The summed E-state index contributed by atoms with van der Waals surface area (Å²) in [7, 11) is -0.632. The minimum Gasteiger partial charge on any atom is -0.383 e. The Morgan fingerprint density at radius 1 is 1.19 bits per heavy atom. The van der Waals surface area contributed by atoms with Gasteiger partial charge in [0.2, 0.25) is 10.0 Å². The number of carbonyl (C=O) groups is 1. The summed E-state index contributed by atoms with van der Waals surface area (Å²) in [5.74, 6) is -0.0800. The first-order chi connectivity index (χ1) is 12.9. The Bertz CT molecular complexity index is 700. The zero-order valence-corrected chi connectivity index (χ0v) is 17.0. The Morgan fingerprint density at radius 2 is 1.78 bits per heavy atom. The van der Waals surface area contributed by atoms with Gasteiger partial charge >= 0.3 is 0 Å². The molecule has 0 bridgehead atoms. The molecular formula is C18H29N3O5S.